The third kappa shape index (κ3) is 2.43. The topological polar surface area (TPSA) is 96.5 Å². The van der Waals surface area contributed by atoms with Gasteiger partial charge in [-0.05, 0) is 18.8 Å². The van der Waals surface area contributed by atoms with Crippen molar-refractivity contribution >= 4 is 35.0 Å². The van der Waals surface area contributed by atoms with Gasteiger partial charge in [0.15, 0.2) is 0 Å². The van der Waals surface area contributed by atoms with Gasteiger partial charge in [0.2, 0.25) is 0 Å². The lowest BCUT2D eigenvalue weighted by Gasteiger charge is -2.26. The van der Waals surface area contributed by atoms with E-state index in [1.165, 1.54) is 16.2 Å². The molecule has 1 aromatic heterocycles. The molecule has 6 nitrogen and oxygen atoms in total. The van der Waals surface area contributed by atoms with Gasteiger partial charge in [0.05, 0.1) is 5.37 Å². The number of nitrogens with two attached hydrogens (primary N) is 1. The predicted molar refractivity (Wildman–Crippen MR) is 76.6 cm³/mol. The van der Waals surface area contributed by atoms with Gasteiger partial charge in [-0.2, -0.15) is 0 Å². The summed E-state index contributed by atoms with van der Waals surface area (Å²) < 4.78 is 0. The lowest BCUT2D eigenvalue weighted by atomic mass is 10.2. The second-order valence-electron chi connectivity index (χ2n) is 4.96. The molecule has 3 N–H and O–H groups in total. The van der Waals surface area contributed by atoms with Gasteiger partial charge in [0.25, 0.3) is 5.91 Å². The van der Waals surface area contributed by atoms with Gasteiger partial charge in [-0.25, -0.2) is 9.78 Å². The molecule has 1 aliphatic carbocycles. The summed E-state index contributed by atoms with van der Waals surface area (Å²) in [7, 11) is 0. The standard InChI is InChI=1S/C12H15N3O3S2/c13-3-9-14-7(4-19-9)10(16)15-8(12(17)18)5-20-11(15)6-1-2-6/h4,6,8,11H,1-3,5,13H2,(H,17,18). The molecule has 0 bridgehead atoms. The fourth-order valence-corrected chi connectivity index (χ4v) is 4.63. The largest absolute Gasteiger partial charge is 0.480 e. The van der Waals surface area contributed by atoms with Crippen LogP contribution < -0.4 is 5.73 Å². The van der Waals surface area contributed by atoms with Gasteiger partial charge in [0, 0.05) is 17.7 Å². The molecule has 108 valence electrons. The summed E-state index contributed by atoms with van der Waals surface area (Å²) in [5.41, 5.74) is 5.82. The molecule has 2 atom stereocenters. The van der Waals surface area contributed by atoms with Gasteiger partial charge in [-0.1, -0.05) is 0 Å². The highest BCUT2D eigenvalue weighted by molar-refractivity contribution is 8.00. The van der Waals surface area contributed by atoms with E-state index in [0.717, 1.165) is 12.8 Å². The summed E-state index contributed by atoms with van der Waals surface area (Å²) >= 11 is 2.90. The summed E-state index contributed by atoms with van der Waals surface area (Å²) in [6.45, 7) is 0.293. The van der Waals surface area contributed by atoms with E-state index in [1.54, 1.807) is 17.1 Å². The molecule has 2 fully saturated rings. The SMILES string of the molecule is NCc1nc(C(=O)N2C(C(=O)O)CSC2C2CC2)cs1. The van der Waals surface area contributed by atoms with Gasteiger partial charge < -0.3 is 15.7 Å². The lowest BCUT2D eigenvalue weighted by Crippen LogP contribution is -2.46. The van der Waals surface area contributed by atoms with Crippen LogP contribution in [-0.2, 0) is 11.3 Å². The molecular formula is C12H15N3O3S2. The van der Waals surface area contributed by atoms with Crippen molar-refractivity contribution in [1.29, 1.82) is 0 Å². The van der Waals surface area contributed by atoms with Gasteiger partial charge in [-0.15, -0.1) is 23.1 Å². The lowest BCUT2D eigenvalue weighted by molar-refractivity contribution is -0.141. The third-order valence-corrected chi connectivity index (χ3v) is 5.86. The molecule has 1 saturated carbocycles. The molecule has 1 aromatic rings. The van der Waals surface area contributed by atoms with E-state index < -0.39 is 12.0 Å². The fourth-order valence-electron chi connectivity index (χ4n) is 2.35. The first kappa shape index (κ1) is 13.8. The number of nitrogens with zero attached hydrogens (tertiary/aromatic N) is 2. The van der Waals surface area contributed by atoms with Crippen LogP contribution in [-0.4, -0.2) is 44.0 Å². The number of rotatable bonds is 4. The Morgan fingerprint density at radius 2 is 2.25 bits per heavy atom. The Morgan fingerprint density at radius 3 is 2.80 bits per heavy atom. The first-order valence-corrected chi connectivity index (χ1v) is 8.36. The molecule has 0 radical (unpaired) electrons. The van der Waals surface area contributed by atoms with Crippen LogP contribution in [0.1, 0.15) is 28.3 Å². The number of carbonyl (C=O) groups excluding carboxylic acids is 1. The summed E-state index contributed by atoms with van der Waals surface area (Å²) in [6.07, 6.45) is 2.14. The molecule has 0 spiro atoms. The van der Waals surface area contributed by atoms with Crippen LogP contribution in [0.3, 0.4) is 0 Å². The maximum Gasteiger partial charge on any atom is 0.327 e. The second kappa shape index (κ2) is 5.34. The molecule has 0 aromatic carbocycles. The van der Waals surface area contributed by atoms with Crippen molar-refractivity contribution in [2.45, 2.75) is 30.8 Å². The number of aliphatic carboxylic acids is 1. The molecule has 2 unspecified atom stereocenters. The molecule has 1 saturated heterocycles. The van der Waals surface area contributed by atoms with Gasteiger partial charge in [0.1, 0.15) is 16.7 Å². The molecule has 8 heteroatoms. The van der Waals surface area contributed by atoms with Gasteiger partial charge in [-0.3, -0.25) is 4.79 Å². The average molecular weight is 313 g/mol. The van der Waals surface area contributed by atoms with E-state index in [-0.39, 0.29) is 11.3 Å². The second-order valence-corrected chi connectivity index (χ2v) is 7.05. The number of carboxylic acids is 1. The number of hydrogen-bond acceptors (Lipinski definition) is 6. The third-order valence-electron chi connectivity index (χ3n) is 3.53. The zero-order chi connectivity index (χ0) is 14.3. The van der Waals surface area contributed by atoms with Crippen molar-refractivity contribution in [2.75, 3.05) is 5.75 Å². The number of thioether (sulfide) groups is 1. The van der Waals surface area contributed by atoms with Crippen LogP contribution in [0.15, 0.2) is 5.38 Å². The minimum atomic E-state index is -0.941. The summed E-state index contributed by atoms with van der Waals surface area (Å²) in [4.78, 5) is 29.6. The summed E-state index contributed by atoms with van der Waals surface area (Å²) in [5, 5.41) is 11.6. The highest BCUT2D eigenvalue weighted by Crippen LogP contribution is 2.45. The van der Waals surface area contributed by atoms with Crippen LogP contribution in [0.5, 0.6) is 0 Å². The van der Waals surface area contributed by atoms with Crippen LogP contribution in [0, 0.1) is 5.92 Å². The summed E-state index contributed by atoms with van der Waals surface area (Å²) in [6, 6.07) is -0.749. The number of amides is 1. The van der Waals surface area contributed by atoms with Crippen LogP contribution in [0.2, 0.25) is 0 Å². The highest BCUT2D eigenvalue weighted by Gasteiger charge is 2.48. The van der Waals surface area contributed by atoms with Gasteiger partial charge >= 0.3 is 5.97 Å². The quantitative estimate of drug-likeness (QED) is 0.860. The van der Waals surface area contributed by atoms with Crippen LogP contribution >= 0.6 is 23.1 Å². The Morgan fingerprint density at radius 1 is 1.50 bits per heavy atom. The van der Waals surface area contributed by atoms with Crippen molar-refractivity contribution in [3.63, 3.8) is 0 Å². The minimum absolute atomic E-state index is 0.0216. The van der Waals surface area contributed by atoms with Crippen molar-refractivity contribution in [2.24, 2.45) is 11.7 Å². The number of carboxylic acid groups (broad SMARTS) is 1. The number of hydrogen-bond donors (Lipinski definition) is 2. The fraction of sp³-hybridized carbons (Fsp3) is 0.583. The molecule has 2 heterocycles. The maximum atomic E-state index is 12.6. The maximum absolute atomic E-state index is 12.6. The number of thiazole rings is 1. The number of carbonyl (C=O) groups is 2. The van der Waals surface area contributed by atoms with E-state index in [2.05, 4.69) is 4.98 Å². The molecule has 2 aliphatic rings. The average Bonchev–Trinajstić information content (AvgIpc) is 3.02. The smallest absolute Gasteiger partial charge is 0.327 e. The Labute approximate surface area is 124 Å². The molecule has 1 aliphatic heterocycles. The zero-order valence-corrected chi connectivity index (χ0v) is 12.3. The van der Waals surface area contributed by atoms with E-state index in [0.29, 0.717) is 28.9 Å². The predicted octanol–water partition coefficient (Wildman–Crippen LogP) is 0.980. The first-order valence-electron chi connectivity index (χ1n) is 6.43. The Balaban J connectivity index is 1.86. The van der Waals surface area contributed by atoms with E-state index in [9.17, 15) is 14.7 Å². The number of aromatic nitrogens is 1. The highest BCUT2D eigenvalue weighted by atomic mass is 32.2. The van der Waals surface area contributed by atoms with Crippen molar-refractivity contribution in [3.8, 4) is 0 Å². The van der Waals surface area contributed by atoms with Crippen LogP contribution in [0.25, 0.3) is 0 Å². The first-order chi connectivity index (χ1) is 9.61. The van der Waals surface area contributed by atoms with Crippen molar-refractivity contribution < 1.29 is 14.7 Å². The summed E-state index contributed by atoms with van der Waals surface area (Å²) in [5.74, 6) is -0.338. The molecule has 3 rings (SSSR count). The van der Waals surface area contributed by atoms with E-state index in [4.69, 9.17) is 5.73 Å². The normalized spacial score (nSPS) is 25.9. The van der Waals surface area contributed by atoms with Crippen molar-refractivity contribution in [3.05, 3.63) is 16.1 Å². The Kier molecular flexibility index (Phi) is 3.70. The molecular weight excluding hydrogens is 298 g/mol. The van der Waals surface area contributed by atoms with Crippen molar-refractivity contribution in [1.82, 2.24) is 9.88 Å². The Hall–Kier alpha value is -1.12. The zero-order valence-electron chi connectivity index (χ0n) is 10.7. The minimum Gasteiger partial charge on any atom is -0.480 e. The van der Waals surface area contributed by atoms with E-state index in [1.807, 2.05) is 0 Å². The Bertz CT molecular complexity index is 544. The molecule has 1 amide bonds. The monoisotopic (exact) mass is 313 g/mol. The molecule has 20 heavy (non-hydrogen) atoms. The van der Waals surface area contributed by atoms with Crippen LogP contribution in [0.4, 0.5) is 0 Å². The van der Waals surface area contributed by atoms with E-state index >= 15 is 0 Å².